The maximum atomic E-state index is 13.7. The molecule has 0 atom stereocenters. The number of anilines is 3. The summed E-state index contributed by atoms with van der Waals surface area (Å²) in [6.07, 6.45) is 1.67. The number of amides is 3. The molecule has 0 fully saturated rings. The number of para-hydroxylation sites is 2. The molecule has 234 valence electrons. The highest BCUT2D eigenvalue weighted by Crippen LogP contribution is 2.48. The molecular weight excluding hydrogens is 623 g/mol. The molecule has 0 aromatic heterocycles. The van der Waals surface area contributed by atoms with Crippen molar-refractivity contribution in [3.8, 4) is 0 Å². The Bertz CT molecular complexity index is 1910. The summed E-state index contributed by atoms with van der Waals surface area (Å²) in [7, 11) is 0. The quantitative estimate of drug-likeness (QED) is 0.122. The van der Waals surface area contributed by atoms with Crippen molar-refractivity contribution < 1.29 is 14.4 Å². The van der Waals surface area contributed by atoms with E-state index < -0.39 is 5.91 Å². The van der Waals surface area contributed by atoms with Crippen LogP contribution in [0.4, 0.5) is 17.1 Å². The molecule has 2 N–H and O–H groups in total. The maximum absolute atomic E-state index is 13.7. The lowest BCUT2D eigenvalue weighted by molar-refractivity contribution is -0.115. The molecule has 1 aliphatic heterocycles. The predicted molar refractivity (Wildman–Crippen MR) is 192 cm³/mol. The zero-order chi connectivity index (χ0) is 32.8. The molecule has 5 aromatic carbocycles. The summed E-state index contributed by atoms with van der Waals surface area (Å²) in [5.41, 5.74) is 4.83. The van der Waals surface area contributed by atoms with Gasteiger partial charge in [-0.1, -0.05) is 98.4 Å². The van der Waals surface area contributed by atoms with Crippen molar-refractivity contribution in [2.45, 2.75) is 34.5 Å². The molecule has 0 spiro atoms. The minimum absolute atomic E-state index is 0.0398. The summed E-state index contributed by atoms with van der Waals surface area (Å²) in [4.78, 5) is 45.0. The second kappa shape index (κ2) is 14.6. The van der Waals surface area contributed by atoms with E-state index in [1.54, 1.807) is 53.1 Å². The van der Waals surface area contributed by atoms with E-state index in [0.717, 1.165) is 31.6 Å². The smallest absolute Gasteiger partial charge is 0.272 e. The van der Waals surface area contributed by atoms with Crippen molar-refractivity contribution >= 4 is 64.4 Å². The average molecular weight is 656 g/mol. The van der Waals surface area contributed by atoms with Crippen LogP contribution >= 0.6 is 23.5 Å². The Morgan fingerprint density at radius 3 is 2.06 bits per heavy atom. The monoisotopic (exact) mass is 655 g/mol. The van der Waals surface area contributed by atoms with E-state index in [-0.39, 0.29) is 23.3 Å². The first-order chi connectivity index (χ1) is 22.9. The molecule has 5 aromatic rings. The Morgan fingerprint density at radius 1 is 0.766 bits per heavy atom. The zero-order valence-electron chi connectivity index (χ0n) is 26.0. The number of carbonyl (C=O) groups is 3. The summed E-state index contributed by atoms with van der Waals surface area (Å²) in [5, 5.41) is 5.73. The number of hydrogen-bond donors (Lipinski definition) is 2. The first-order valence-electron chi connectivity index (χ1n) is 15.3. The molecular formula is C39H33N3O3S2. The van der Waals surface area contributed by atoms with Crippen molar-refractivity contribution in [1.29, 1.82) is 0 Å². The number of rotatable bonds is 9. The Kier molecular flexibility index (Phi) is 9.90. The number of nitrogens with one attached hydrogen (secondary N) is 2. The van der Waals surface area contributed by atoms with Gasteiger partial charge in [-0.25, -0.2) is 0 Å². The van der Waals surface area contributed by atoms with Gasteiger partial charge in [-0.3, -0.25) is 19.3 Å². The van der Waals surface area contributed by atoms with Gasteiger partial charge in [0.05, 0.1) is 17.1 Å². The maximum Gasteiger partial charge on any atom is 0.272 e. The van der Waals surface area contributed by atoms with Crippen molar-refractivity contribution in [2.75, 3.05) is 16.0 Å². The van der Waals surface area contributed by atoms with Crippen LogP contribution in [0.25, 0.3) is 6.08 Å². The van der Waals surface area contributed by atoms with E-state index in [0.29, 0.717) is 17.2 Å². The van der Waals surface area contributed by atoms with Crippen LogP contribution in [0, 0.1) is 0 Å². The molecule has 1 heterocycles. The molecule has 0 aliphatic carbocycles. The molecule has 8 heteroatoms. The van der Waals surface area contributed by atoms with E-state index in [1.807, 2.05) is 97.1 Å². The lowest BCUT2D eigenvalue weighted by Gasteiger charge is -2.31. The highest BCUT2D eigenvalue weighted by molar-refractivity contribution is 8.00. The number of carbonyl (C=O) groups excluding carboxylic acids is 3. The Morgan fingerprint density at radius 2 is 1.40 bits per heavy atom. The molecule has 3 amide bonds. The summed E-state index contributed by atoms with van der Waals surface area (Å²) < 4.78 is 0. The van der Waals surface area contributed by atoms with E-state index in [2.05, 4.69) is 24.5 Å². The highest BCUT2D eigenvalue weighted by atomic mass is 32.2. The molecule has 47 heavy (non-hydrogen) atoms. The molecule has 1 aliphatic rings. The third kappa shape index (κ3) is 7.68. The van der Waals surface area contributed by atoms with Gasteiger partial charge < -0.3 is 10.6 Å². The van der Waals surface area contributed by atoms with Crippen LogP contribution in [0.2, 0.25) is 0 Å². The van der Waals surface area contributed by atoms with Crippen LogP contribution in [-0.2, 0) is 9.59 Å². The third-order valence-corrected chi connectivity index (χ3v) is 9.69. The molecule has 6 rings (SSSR count). The van der Waals surface area contributed by atoms with Crippen LogP contribution in [0.3, 0.4) is 0 Å². The first kappa shape index (κ1) is 31.9. The number of hydrogen-bond acceptors (Lipinski definition) is 5. The highest BCUT2D eigenvalue weighted by Gasteiger charge is 2.27. The van der Waals surface area contributed by atoms with Crippen molar-refractivity contribution in [2.24, 2.45) is 0 Å². The number of benzene rings is 5. The minimum Gasteiger partial charge on any atom is -0.321 e. The summed E-state index contributed by atoms with van der Waals surface area (Å²) >= 11 is 3.06. The largest absolute Gasteiger partial charge is 0.321 e. The van der Waals surface area contributed by atoms with Gasteiger partial charge in [-0.05, 0) is 77.7 Å². The Balaban J connectivity index is 1.18. The number of thioether (sulfide) groups is 1. The fourth-order valence-electron chi connectivity index (χ4n) is 5.13. The second-order valence-corrected chi connectivity index (χ2v) is 13.4. The fourth-order valence-corrected chi connectivity index (χ4v) is 6.99. The molecule has 0 unspecified atom stereocenters. The molecule has 0 bridgehead atoms. The lowest BCUT2D eigenvalue weighted by atomic mass is 10.0. The van der Waals surface area contributed by atoms with E-state index in [1.165, 1.54) is 17.3 Å². The van der Waals surface area contributed by atoms with Gasteiger partial charge in [0, 0.05) is 25.9 Å². The predicted octanol–water partition coefficient (Wildman–Crippen LogP) is 9.14. The van der Waals surface area contributed by atoms with Gasteiger partial charge >= 0.3 is 0 Å². The molecule has 0 saturated carbocycles. The number of fused-ring (bicyclic) bond motifs is 2. The van der Waals surface area contributed by atoms with Crippen LogP contribution in [-0.4, -0.2) is 23.5 Å². The van der Waals surface area contributed by atoms with Crippen LogP contribution in [0.1, 0.15) is 41.3 Å². The topological polar surface area (TPSA) is 78.5 Å². The van der Waals surface area contributed by atoms with E-state index in [4.69, 9.17) is 0 Å². The van der Waals surface area contributed by atoms with Crippen LogP contribution in [0.5, 0.6) is 0 Å². The summed E-state index contributed by atoms with van der Waals surface area (Å²) in [5.74, 6) is -0.302. The third-order valence-electron chi connectivity index (χ3n) is 7.58. The first-order valence-corrected chi connectivity index (χ1v) is 17.1. The van der Waals surface area contributed by atoms with Crippen molar-refractivity contribution in [3.63, 3.8) is 0 Å². The SMILES string of the molecule is CC(C)c1ccc(/C=C(\NC(=O)c2ccccc2)C(=O)Nc2cccc(SCC(=O)N3c4ccccc4Sc4ccccc43)c2)cc1. The van der Waals surface area contributed by atoms with Crippen LogP contribution < -0.4 is 15.5 Å². The van der Waals surface area contributed by atoms with Gasteiger partial charge in [-0.15, -0.1) is 11.8 Å². The van der Waals surface area contributed by atoms with Gasteiger partial charge in [0.2, 0.25) is 5.91 Å². The summed E-state index contributed by atoms with van der Waals surface area (Å²) in [6, 6.07) is 39.9. The molecule has 0 saturated heterocycles. The summed E-state index contributed by atoms with van der Waals surface area (Å²) in [6.45, 7) is 4.24. The lowest BCUT2D eigenvalue weighted by Crippen LogP contribution is -2.30. The van der Waals surface area contributed by atoms with Crippen LogP contribution in [0.15, 0.2) is 148 Å². The van der Waals surface area contributed by atoms with E-state index >= 15 is 0 Å². The van der Waals surface area contributed by atoms with E-state index in [9.17, 15) is 14.4 Å². The fraction of sp³-hybridized carbons (Fsp3) is 0.103. The molecule has 6 nitrogen and oxygen atoms in total. The van der Waals surface area contributed by atoms with Crippen molar-refractivity contribution in [3.05, 3.63) is 150 Å². The normalized spacial score (nSPS) is 12.2. The standard InChI is InChI=1S/C39H33N3O3S2/c1-26(2)28-21-19-27(20-22-28)23-32(41-38(44)29-11-4-3-5-12-29)39(45)40-30-13-10-14-31(24-30)46-25-37(43)42-33-15-6-8-17-35(33)47-36-18-9-7-16-34(36)42/h3-24,26H,25H2,1-2H3,(H,40,45)(H,41,44)/b32-23-. The van der Waals surface area contributed by atoms with Crippen molar-refractivity contribution in [1.82, 2.24) is 5.32 Å². The van der Waals surface area contributed by atoms with Gasteiger partial charge in [0.25, 0.3) is 11.8 Å². The Hall–Kier alpha value is -5.05. The van der Waals surface area contributed by atoms with Gasteiger partial charge in [0.1, 0.15) is 5.70 Å². The number of nitrogens with zero attached hydrogens (tertiary/aromatic N) is 1. The molecule has 0 radical (unpaired) electrons. The Labute approximate surface area is 283 Å². The second-order valence-electron chi connectivity index (χ2n) is 11.2. The minimum atomic E-state index is -0.459. The average Bonchev–Trinajstić information content (AvgIpc) is 3.10. The zero-order valence-corrected chi connectivity index (χ0v) is 27.6. The van der Waals surface area contributed by atoms with Gasteiger partial charge in [-0.2, -0.15) is 0 Å². The van der Waals surface area contributed by atoms with Gasteiger partial charge in [0.15, 0.2) is 0 Å².